The highest BCUT2D eigenvalue weighted by atomic mass is 15.2. The molecule has 100 valence electrons. The summed E-state index contributed by atoms with van der Waals surface area (Å²) >= 11 is 0. The minimum atomic E-state index is 0.460. The summed E-state index contributed by atoms with van der Waals surface area (Å²) in [5.74, 6) is 0. The lowest BCUT2D eigenvalue weighted by Gasteiger charge is -2.48. The Balaban J connectivity index is 2.11. The van der Waals surface area contributed by atoms with Gasteiger partial charge >= 0.3 is 0 Å². The van der Waals surface area contributed by atoms with Crippen LogP contribution in [-0.4, -0.2) is 36.1 Å². The van der Waals surface area contributed by atoms with E-state index in [1.54, 1.807) is 0 Å². The van der Waals surface area contributed by atoms with Crippen molar-refractivity contribution in [2.45, 2.75) is 77.9 Å². The van der Waals surface area contributed by atoms with Crippen LogP contribution in [0.2, 0.25) is 0 Å². The lowest BCUT2D eigenvalue weighted by atomic mass is 9.70. The van der Waals surface area contributed by atoms with Crippen molar-refractivity contribution in [3.63, 3.8) is 0 Å². The first-order valence-corrected chi connectivity index (χ1v) is 7.59. The fraction of sp³-hybridized carbons (Fsp3) is 1.00. The molecule has 0 radical (unpaired) electrons. The quantitative estimate of drug-likeness (QED) is 0.792. The van der Waals surface area contributed by atoms with Crippen LogP contribution in [0.1, 0.15) is 59.8 Å². The van der Waals surface area contributed by atoms with Gasteiger partial charge in [-0.15, -0.1) is 0 Å². The van der Waals surface area contributed by atoms with Gasteiger partial charge < -0.3 is 5.32 Å². The van der Waals surface area contributed by atoms with E-state index in [-0.39, 0.29) is 0 Å². The Morgan fingerprint density at radius 2 is 1.88 bits per heavy atom. The van der Waals surface area contributed by atoms with Gasteiger partial charge in [0.2, 0.25) is 0 Å². The Labute approximate surface area is 107 Å². The van der Waals surface area contributed by atoms with Crippen LogP contribution in [0, 0.1) is 5.41 Å². The van der Waals surface area contributed by atoms with Gasteiger partial charge in [0.25, 0.3) is 0 Å². The van der Waals surface area contributed by atoms with E-state index in [1.807, 2.05) is 0 Å². The summed E-state index contributed by atoms with van der Waals surface area (Å²) < 4.78 is 0. The molecule has 2 heteroatoms. The maximum Gasteiger partial charge on any atom is 0.0274 e. The summed E-state index contributed by atoms with van der Waals surface area (Å²) in [6.45, 7) is 11.8. The zero-order chi connectivity index (χ0) is 12.5. The molecule has 2 saturated carbocycles. The number of likely N-dealkylation sites (N-methyl/N-ethyl adjacent to an activating group) is 2. The lowest BCUT2D eigenvalue weighted by molar-refractivity contribution is 0.0472. The Morgan fingerprint density at radius 3 is 2.41 bits per heavy atom. The zero-order valence-corrected chi connectivity index (χ0v) is 12.1. The summed E-state index contributed by atoms with van der Waals surface area (Å²) in [6.07, 6.45) is 7.05. The Morgan fingerprint density at radius 1 is 1.18 bits per heavy atom. The van der Waals surface area contributed by atoms with Crippen molar-refractivity contribution < 1.29 is 0 Å². The number of nitrogens with one attached hydrogen (secondary N) is 1. The predicted molar refractivity (Wildman–Crippen MR) is 74.3 cm³/mol. The van der Waals surface area contributed by atoms with E-state index in [1.165, 1.54) is 38.6 Å². The predicted octanol–water partition coefficient (Wildman–Crippen LogP) is 3.03. The third-order valence-electron chi connectivity index (χ3n) is 4.78. The number of rotatable bonds is 5. The van der Waals surface area contributed by atoms with Crippen molar-refractivity contribution in [2.24, 2.45) is 5.41 Å². The van der Waals surface area contributed by atoms with E-state index in [0.29, 0.717) is 11.5 Å². The third kappa shape index (κ3) is 2.85. The zero-order valence-electron chi connectivity index (χ0n) is 12.1. The molecular formula is C15H30N2. The van der Waals surface area contributed by atoms with Crippen LogP contribution in [0.25, 0.3) is 0 Å². The van der Waals surface area contributed by atoms with Gasteiger partial charge in [-0.05, 0) is 44.2 Å². The molecule has 2 unspecified atom stereocenters. The monoisotopic (exact) mass is 238 g/mol. The van der Waals surface area contributed by atoms with Gasteiger partial charge in [-0.25, -0.2) is 0 Å². The van der Waals surface area contributed by atoms with Gasteiger partial charge in [-0.2, -0.15) is 0 Å². The smallest absolute Gasteiger partial charge is 0.0274 e. The second kappa shape index (κ2) is 5.27. The van der Waals surface area contributed by atoms with Crippen molar-refractivity contribution in [2.75, 3.05) is 13.1 Å². The highest BCUT2D eigenvalue weighted by Gasteiger charge is 2.44. The summed E-state index contributed by atoms with van der Waals surface area (Å²) in [5, 5.41) is 3.78. The summed E-state index contributed by atoms with van der Waals surface area (Å²) in [4.78, 5) is 2.79. The van der Waals surface area contributed by atoms with Crippen LogP contribution in [0.4, 0.5) is 0 Å². The molecule has 2 aliphatic rings. The molecule has 2 atom stereocenters. The molecule has 0 heterocycles. The molecule has 0 amide bonds. The molecule has 2 fully saturated rings. The van der Waals surface area contributed by atoms with E-state index in [4.69, 9.17) is 0 Å². The van der Waals surface area contributed by atoms with E-state index >= 15 is 0 Å². The molecule has 2 nitrogen and oxygen atoms in total. The van der Waals surface area contributed by atoms with Gasteiger partial charge in [0.15, 0.2) is 0 Å². The van der Waals surface area contributed by atoms with E-state index in [0.717, 1.165) is 18.6 Å². The highest BCUT2D eigenvalue weighted by Crippen LogP contribution is 2.40. The number of hydrogen-bond acceptors (Lipinski definition) is 2. The van der Waals surface area contributed by atoms with E-state index in [9.17, 15) is 0 Å². The normalized spacial score (nSPS) is 33.0. The van der Waals surface area contributed by atoms with Crippen LogP contribution in [-0.2, 0) is 0 Å². The van der Waals surface area contributed by atoms with Gasteiger partial charge in [0.1, 0.15) is 0 Å². The first-order valence-electron chi connectivity index (χ1n) is 7.59. The molecule has 0 aromatic carbocycles. The molecular weight excluding hydrogens is 208 g/mol. The molecule has 0 spiro atoms. The summed E-state index contributed by atoms with van der Waals surface area (Å²) in [7, 11) is 0. The van der Waals surface area contributed by atoms with Gasteiger partial charge in [0.05, 0.1) is 0 Å². The molecule has 0 bridgehead atoms. The molecule has 17 heavy (non-hydrogen) atoms. The van der Waals surface area contributed by atoms with Crippen LogP contribution in [0.15, 0.2) is 0 Å². The Kier molecular flexibility index (Phi) is 4.14. The molecule has 2 aliphatic carbocycles. The first kappa shape index (κ1) is 13.4. The fourth-order valence-electron chi connectivity index (χ4n) is 3.77. The van der Waals surface area contributed by atoms with E-state index < -0.39 is 0 Å². The minimum Gasteiger partial charge on any atom is -0.312 e. The Hall–Kier alpha value is -0.0800. The van der Waals surface area contributed by atoms with Crippen molar-refractivity contribution in [1.82, 2.24) is 10.2 Å². The molecule has 1 N–H and O–H groups in total. The second-order valence-electron chi connectivity index (χ2n) is 6.55. The van der Waals surface area contributed by atoms with Gasteiger partial charge in [-0.1, -0.05) is 34.1 Å². The SMILES string of the molecule is CCNC1C(N(CC)C2CC2)CCCC1(C)C. The van der Waals surface area contributed by atoms with Crippen molar-refractivity contribution in [1.29, 1.82) is 0 Å². The Bertz CT molecular complexity index is 245. The molecule has 0 aliphatic heterocycles. The van der Waals surface area contributed by atoms with Crippen LogP contribution < -0.4 is 5.32 Å². The van der Waals surface area contributed by atoms with Crippen LogP contribution in [0.5, 0.6) is 0 Å². The van der Waals surface area contributed by atoms with E-state index in [2.05, 4.69) is 37.9 Å². The third-order valence-corrected chi connectivity index (χ3v) is 4.78. The number of hydrogen-bond donors (Lipinski definition) is 1. The molecule has 0 aromatic rings. The molecule has 0 saturated heterocycles. The van der Waals surface area contributed by atoms with Crippen LogP contribution in [0.3, 0.4) is 0 Å². The second-order valence-corrected chi connectivity index (χ2v) is 6.55. The van der Waals surface area contributed by atoms with Crippen LogP contribution >= 0.6 is 0 Å². The number of nitrogens with zero attached hydrogens (tertiary/aromatic N) is 1. The fourth-order valence-corrected chi connectivity index (χ4v) is 3.77. The average Bonchev–Trinajstić information content (AvgIpc) is 3.08. The largest absolute Gasteiger partial charge is 0.312 e. The lowest BCUT2D eigenvalue weighted by Crippen LogP contribution is -2.59. The highest BCUT2D eigenvalue weighted by molar-refractivity contribution is 5.01. The standard InChI is InChI=1S/C15H30N2/c1-5-16-14-13(8-7-11-15(14,3)4)17(6-2)12-9-10-12/h12-14,16H,5-11H2,1-4H3. The summed E-state index contributed by atoms with van der Waals surface area (Å²) in [5.41, 5.74) is 0.460. The first-order chi connectivity index (χ1) is 8.10. The van der Waals surface area contributed by atoms with Gasteiger partial charge in [0, 0.05) is 18.1 Å². The molecule has 2 rings (SSSR count). The van der Waals surface area contributed by atoms with Crippen molar-refractivity contribution in [3.8, 4) is 0 Å². The topological polar surface area (TPSA) is 15.3 Å². The average molecular weight is 238 g/mol. The minimum absolute atomic E-state index is 0.460. The maximum atomic E-state index is 3.78. The van der Waals surface area contributed by atoms with Crippen molar-refractivity contribution in [3.05, 3.63) is 0 Å². The van der Waals surface area contributed by atoms with Gasteiger partial charge in [-0.3, -0.25) is 4.90 Å². The van der Waals surface area contributed by atoms with Crippen molar-refractivity contribution >= 4 is 0 Å². The maximum absolute atomic E-state index is 3.78. The summed E-state index contributed by atoms with van der Waals surface area (Å²) in [6, 6.07) is 2.36. The molecule has 0 aromatic heterocycles.